The summed E-state index contributed by atoms with van der Waals surface area (Å²) in [5.74, 6) is -0.662. The fraction of sp³-hybridized carbons (Fsp3) is 0.556. The Kier molecular flexibility index (Phi) is 8.74. The minimum absolute atomic E-state index is 0.236. The topological polar surface area (TPSA) is 86.8 Å². The van der Waals surface area contributed by atoms with Gasteiger partial charge in [-0.2, -0.15) is 4.31 Å². The Morgan fingerprint density at radius 3 is 2.35 bits per heavy atom. The van der Waals surface area contributed by atoms with E-state index in [9.17, 15) is 18.0 Å². The number of likely N-dealkylation sites (N-methyl/N-ethyl adjacent to an activating group) is 1. The van der Waals surface area contributed by atoms with Crippen molar-refractivity contribution >= 4 is 21.8 Å². The Morgan fingerprint density at radius 1 is 1.19 bits per heavy atom. The summed E-state index contributed by atoms with van der Waals surface area (Å²) >= 11 is 0. The first-order valence-electron chi connectivity index (χ1n) is 8.69. The van der Waals surface area contributed by atoms with Crippen LogP contribution in [-0.4, -0.2) is 61.9 Å². The summed E-state index contributed by atoms with van der Waals surface area (Å²) in [4.78, 5) is 26.5. The molecule has 0 saturated carbocycles. The number of nitrogens with zero attached hydrogens (tertiary/aromatic N) is 2. The molecule has 1 N–H and O–H groups in total. The monoisotopic (exact) mass is 383 g/mol. The molecule has 0 aliphatic carbocycles. The average molecular weight is 384 g/mol. The highest BCUT2D eigenvalue weighted by molar-refractivity contribution is 7.88. The molecule has 146 valence electrons. The summed E-state index contributed by atoms with van der Waals surface area (Å²) in [5, 5.41) is 2.82. The van der Waals surface area contributed by atoms with Gasteiger partial charge in [0.25, 0.3) is 0 Å². The van der Waals surface area contributed by atoms with Crippen LogP contribution in [-0.2, 0) is 26.2 Å². The molecule has 0 saturated heterocycles. The van der Waals surface area contributed by atoms with Gasteiger partial charge in [0.1, 0.15) is 6.04 Å². The van der Waals surface area contributed by atoms with Gasteiger partial charge in [-0.25, -0.2) is 8.42 Å². The molecule has 0 heterocycles. The van der Waals surface area contributed by atoms with Gasteiger partial charge in [0.2, 0.25) is 21.8 Å². The van der Waals surface area contributed by atoms with E-state index in [-0.39, 0.29) is 19.0 Å². The molecule has 1 unspecified atom stereocenters. The van der Waals surface area contributed by atoms with Gasteiger partial charge in [-0.1, -0.05) is 43.7 Å². The molecule has 8 heteroatoms. The van der Waals surface area contributed by atoms with E-state index < -0.39 is 22.0 Å². The van der Waals surface area contributed by atoms with E-state index in [0.29, 0.717) is 6.54 Å². The van der Waals surface area contributed by atoms with Crippen molar-refractivity contribution in [2.45, 2.75) is 39.3 Å². The summed E-state index contributed by atoms with van der Waals surface area (Å²) in [6.07, 6.45) is 2.87. The number of amides is 2. The van der Waals surface area contributed by atoms with Gasteiger partial charge in [0.15, 0.2) is 0 Å². The fourth-order valence-corrected chi connectivity index (χ4v) is 2.64. The van der Waals surface area contributed by atoms with E-state index in [1.54, 1.807) is 6.92 Å². The molecule has 0 aromatic heterocycles. The zero-order valence-electron chi connectivity index (χ0n) is 15.9. The van der Waals surface area contributed by atoms with Crippen molar-refractivity contribution in [3.05, 3.63) is 35.9 Å². The predicted molar refractivity (Wildman–Crippen MR) is 102 cm³/mol. The second-order valence-electron chi connectivity index (χ2n) is 6.35. The highest BCUT2D eigenvalue weighted by atomic mass is 32.2. The normalized spacial score (nSPS) is 12.7. The van der Waals surface area contributed by atoms with E-state index in [1.165, 1.54) is 11.9 Å². The van der Waals surface area contributed by atoms with E-state index >= 15 is 0 Å². The Hall–Kier alpha value is -1.93. The number of hydrogen-bond acceptors (Lipinski definition) is 4. The third-order valence-electron chi connectivity index (χ3n) is 4.12. The Balaban J connectivity index is 2.93. The van der Waals surface area contributed by atoms with Crippen LogP contribution in [0.3, 0.4) is 0 Å². The van der Waals surface area contributed by atoms with Crippen LogP contribution in [0.25, 0.3) is 0 Å². The van der Waals surface area contributed by atoms with Gasteiger partial charge < -0.3 is 10.2 Å². The van der Waals surface area contributed by atoms with Gasteiger partial charge in [-0.3, -0.25) is 9.59 Å². The van der Waals surface area contributed by atoms with Crippen molar-refractivity contribution in [3.63, 3.8) is 0 Å². The smallest absolute Gasteiger partial charge is 0.242 e. The lowest BCUT2D eigenvalue weighted by Crippen LogP contribution is -2.50. The number of benzene rings is 1. The zero-order valence-corrected chi connectivity index (χ0v) is 16.8. The van der Waals surface area contributed by atoms with Crippen LogP contribution in [0, 0.1) is 0 Å². The number of unbranched alkanes of at least 4 members (excludes halogenated alkanes) is 1. The van der Waals surface area contributed by atoms with Gasteiger partial charge in [0, 0.05) is 20.1 Å². The molecule has 7 nitrogen and oxygen atoms in total. The summed E-state index contributed by atoms with van der Waals surface area (Å²) in [6, 6.07) is 8.60. The van der Waals surface area contributed by atoms with Gasteiger partial charge in [-0.05, 0) is 18.9 Å². The lowest BCUT2D eigenvalue weighted by Gasteiger charge is -2.30. The maximum absolute atomic E-state index is 12.7. The molecule has 26 heavy (non-hydrogen) atoms. The molecule has 0 spiro atoms. The minimum atomic E-state index is -3.48. The lowest BCUT2D eigenvalue weighted by atomic mass is 10.1. The number of nitrogens with one attached hydrogen (secondary N) is 1. The van der Waals surface area contributed by atoms with Crippen LogP contribution in [0.15, 0.2) is 30.3 Å². The number of hydrogen-bond donors (Lipinski definition) is 1. The number of rotatable bonds is 10. The van der Waals surface area contributed by atoms with E-state index in [1.807, 2.05) is 37.3 Å². The second kappa shape index (κ2) is 10.3. The number of carbonyl (C=O) groups excluding carboxylic acids is 2. The van der Waals surface area contributed by atoms with Crippen molar-refractivity contribution in [1.29, 1.82) is 0 Å². The molecule has 1 atom stereocenters. The molecular weight excluding hydrogens is 354 g/mol. The zero-order chi connectivity index (χ0) is 19.7. The molecular formula is C18H29N3O4S. The molecule has 0 fully saturated rings. The molecule has 1 rings (SSSR count). The summed E-state index contributed by atoms with van der Waals surface area (Å²) < 4.78 is 24.2. The van der Waals surface area contributed by atoms with Gasteiger partial charge >= 0.3 is 0 Å². The summed E-state index contributed by atoms with van der Waals surface area (Å²) in [7, 11) is -2.14. The SMILES string of the molecule is CCCCNC(=O)C(C)N(Cc1ccccc1)C(=O)CN(C)S(C)(=O)=O. The average Bonchev–Trinajstić information content (AvgIpc) is 2.59. The first-order valence-corrected chi connectivity index (χ1v) is 10.5. The van der Waals surface area contributed by atoms with E-state index in [2.05, 4.69) is 5.32 Å². The Bertz CT molecular complexity index is 692. The van der Waals surface area contributed by atoms with E-state index in [4.69, 9.17) is 0 Å². The minimum Gasteiger partial charge on any atom is -0.354 e. The highest BCUT2D eigenvalue weighted by Crippen LogP contribution is 2.10. The van der Waals surface area contributed by atoms with Crippen molar-refractivity contribution in [3.8, 4) is 0 Å². The molecule has 0 aliphatic heterocycles. The molecule has 2 amide bonds. The third-order valence-corrected chi connectivity index (χ3v) is 5.38. The van der Waals surface area contributed by atoms with Crippen LogP contribution in [0.5, 0.6) is 0 Å². The van der Waals surface area contributed by atoms with Gasteiger partial charge in [-0.15, -0.1) is 0 Å². The van der Waals surface area contributed by atoms with Gasteiger partial charge in [0.05, 0.1) is 12.8 Å². The standard InChI is InChI=1S/C18H29N3O4S/c1-5-6-12-19-18(23)15(2)21(13-16-10-8-7-9-11-16)17(22)14-20(3)26(4,24)25/h7-11,15H,5-6,12-14H2,1-4H3,(H,19,23). The van der Waals surface area contributed by atoms with Crippen LogP contribution in [0.2, 0.25) is 0 Å². The fourth-order valence-electron chi connectivity index (χ4n) is 2.30. The molecule has 1 aromatic carbocycles. The van der Waals surface area contributed by atoms with Crippen molar-refractivity contribution in [1.82, 2.24) is 14.5 Å². The highest BCUT2D eigenvalue weighted by Gasteiger charge is 2.28. The van der Waals surface area contributed by atoms with Crippen LogP contribution >= 0.6 is 0 Å². The number of carbonyl (C=O) groups is 2. The Labute approximate surface area is 156 Å². The van der Waals surface area contributed by atoms with Crippen LogP contribution in [0.4, 0.5) is 0 Å². The maximum Gasteiger partial charge on any atom is 0.242 e. The van der Waals surface area contributed by atoms with Crippen LogP contribution < -0.4 is 5.32 Å². The predicted octanol–water partition coefficient (Wildman–Crippen LogP) is 1.21. The first kappa shape index (κ1) is 22.1. The number of sulfonamides is 1. The lowest BCUT2D eigenvalue weighted by molar-refractivity contribution is -0.140. The molecule has 1 aromatic rings. The molecule has 0 bridgehead atoms. The van der Waals surface area contributed by atoms with Crippen molar-refractivity contribution in [2.24, 2.45) is 0 Å². The maximum atomic E-state index is 12.7. The molecule has 0 radical (unpaired) electrons. The van der Waals surface area contributed by atoms with E-state index in [0.717, 1.165) is 29.0 Å². The van der Waals surface area contributed by atoms with Crippen molar-refractivity contribution < 1.29 is 18.0 Å². The summed E-state index contributed by atoms with van der Waals surface area (Å²) in [5.41, 5.74) is 0.871. The second-order valence-corrected chi connectivity index (χ2v) is 8.44. The van der Waals surface area contributed by atoms with Crippen LogP contribution in [0.1, 0.15) is 32.3 Å². The molecule has 0 aliphatic rings. The summed E-state index contributed by atoms with van der Waals surface area (Å²) in [6.45, 7) is 4.17. The largest absolute Gasteiger partial charge is 0.354 e. The van der Waals surface area contributed by atoms with Crippen molar-refractivity contribution in [2.75, 3.05) is 26.4 Å². The quantitative estimate of drug-likeness (QED) is 0.615. The Morgan fingerprint density at radius 2 is 1.81 bits per heavy atom. The third kappa shape index (κ3) is 7.13. The first-order chi connectivity index (χ1) is 12.2.